The second-order valence-corrected chi connectivity index (χ2v) is 4.87. The number of amides is 1. The van der Waals surface area contributed by atoms with Gasteiger partial charge in [0.25, 0.3) is 5.91 Å². The van der Waals surface area contributed by atoms with Gasteiger partial charge in [-0.05, 0) is 25.1 Å². The van der Waals surface area contributed by atoms with E-state index in [1.54, 1.807) is 12.3 Å². The normalized spacial score (nSPS) is 14.9. The number of hydrogen-bond donors (Lipinski definition) is 2. The van der Waals surface area contributed by atoms with Crippen LogP contribution < -0.4 is 10.6 Å². The van der Waals surface area contributed by atoms with Gasteiger partial charge in [-0.25, -0.2) is 0 Å². The molecule has 2 aromatic rings. The number of nitrogens with zero attached hydrogens (tertiary/aromatic N) is 1. The molecule has 4 heteroatoms. The van der Waals surface area contributed by atoms with Gasteiger partial charge in [0.05, 0.1) is 11.1 Å². The summed E-state index contributed by atoms with van der Waals surface area (Å²) in [5.41, 5.74) is 2.82. The number of carbonyl (C=O) groups excluding carboxylic acids is 1. The van der Waals surface area contributed by atoms with Crippen molar-refractivity contribution in [1.82, 2.24) is 15.6 Å². The Balaban J connectivity index is 1.77. The van der Waals surface area contributed by atoms with Crippen LogP contribution in [0.5, 0.6) is 0 Å². The summed E-state index contributed by atoms with van der Waals surface area (Å²) >= 11 is 0. The van der Waals surface area contributed by atoms with Crippen molar-refractivity contribution in [2.45, 2.75) is 6.42 Å². The first kappa shape index (κ1) is 12.8. The molecule has 1 aromatic carbocycles. The Hall–Kier alpha value is -2.20. The van der Waals surface area contributed by atoms with E-state index < -0.39 is 0 Å². The summed E-state index contributed by atoms with van der Waals surface area (Å²) in [6.45, 7) is 2.50. The summed E-state index contributed by atoms with van der Waals surface area (Å²) in [7, 11) is 0. The average Bonchev–Trinajstić information content (AvgIpc) is 2.53. The van der Waals surface area contributed by atoms with E-state index in [4.69, 9.17) is 0 Å². The van der Waals surface area contributed by atoms with Crippen molar-refractivity contribution in [2.24, 2.45) is 0 Å². The zero-order chi connectivity index (χ0) is 13.8. The van der Waals surface area contributed by atoms with E-state index in [0.717, 1.165) is 30.4 Å². The molecule has 0 saturated carbocycles. The van der Waals surface area contributed by atoms with E-state index in [0.29, 0.717) is 12.1 Å². The highest BCUT2D eigenvalue weighted by Crippen LogP contribution is 2.16. The second-order valence-electron chi connectivity index (χ2n) is 4.87. The Labute approximate surface area is 117 Å². The molecule has 0 radical (unpaired) electrons. The lowest BCUT2D eigenvalue weighted by molar-refractivity contribution is 0.0958. The number of para-hydroxylation sites is 1. The van der Waals surface area contributed by atoms with Crippen LogP contribution in [0.25, 0.3) is 10.9 Å². The molecule has 0 atom stereocenters. The highest BCUT2D eigenvalue weighted by molar-refractivity contribution is 6.06. The predicted octanol–water partition coefficient (Wildman–Crippen LogP) is 1.88. The monoisotopic (exact) mass is 267 g/mol. The summed E-state index contributed by atoms with van der Waals surface area (Å²) in [5, 5.41) is 7.15. The van der Waals surface area contributed by atoms with E-state index in [1.807, 2.05) is 24.3 Å². The number of aromatic nitrogens is 1. The van der Waals surface area contributed by atoms with E-state index >= 15 is 0 Å². The molecule has 3 rings (SSSR count). The van der Waals surface area contributed by atoms with Gasteiger partial charge < -0.3 is 10.6 Å². The molecule has 1 amide bonds. The SMILES string of the molecule is O=C(NCC1=CCNCC1)c1ccnc2ccccc12. The summed E-state index contributed by atoms with van der Waals surface area (Å²) in [6.07, 6.45) is 4.83. The number of fused-ring (bicyclic) bond motifs is 1. The summed E-state index contributed by atoms with van der Waals surface area (Å²) in [6, 6.07) is 9.48. The minimum atomic E-state index is -0.0389. The first-order valence-corrected chi connectivity index (χ1v) is 6.85. The molecule has 1 aliphatic rings. The van der Waals surface area contributed by atoms with Gasteiger partial charge in [0, 0.05) is 24.7 Å². The molecule has 20 heavy (non-hydrogen) atoms. The Bertz CT molecular complexity index is 658. The van der Waals surface area contributed by atoms with Crippen LogP contribution in [0.15, 0.2) is 48.2 Å². The van der Waals surface area contributed by atoms with Gasteiger partial charge in [-0.1, -0.05) is 29.8 Å². The smallest absolute Gasteiger partial charge is 0.252 e. The number of nitrogens with one attached hydrogen (secondary N) is 2. The number of benzene rings is 1. The number of hydrogen-bond acceptors (Lipinski definition) is 3. The molecule has 1 aliphatic heterocycles. The van der Waals surface area contributed by atoms with Crippen molar-refractivity contribution >= 4 is 16.8 Å². The first-order valence-electron chi connectivity index (χ1n) is 6.85. The maximum atomic E-state index is 12.3. The molecule has 0 saturated heterocycles. The standard InChI is InChI=1S/C16H17N3O/c20-16(19-11-12-5-8-17-9-6-12)14-7-10-18-15-4-2-1-3-13(14)15/h1-5,7,10,17H,6,8-9,11H2,(H,19,20). The van der Waals surface area contributed by atoms with Crippen LogP contribution in [0.1, 0.15) is 16.8 Å². The fraction of sp³-hybridized carbons (Fsp3) is 0.250. The van der Waals surface area contributed by atoms with Crippen LogP contribution in [0, 0.1) is 0 Å². The molecule has 0 bridgehead atoms. The lowest BCUT2D eigenvalue weighted by Crippen LogP contribution is -2.29. The second kappa shape index (κ2) is 5.84. The summed E-state index contributed by atoms with van der Waals surface area (Å²) in [4.78, 5) is 16.6. The Morgan fingerprint density at radius 2 is 2.20 bits per heavy atom. The lowest BCUT2D eigenvalue weighted by atomic mass is 10.1. The minimum Gasteiger partial charge on any atom is -0.348 e. The quantitative estimate of drug-likeness (QED) is 0.835. The zero-order valence-electron chi connectivity index (χ0n) is 11.2. The highest BCUT2D eigenvalue weighted by Gasteiger charge is 2.11. The fourth-order valence-corrected chi connectivity index (χ4v) is 2.41. The zero-order valence-corrected chi connectivity index (χ0v) is 11.2. The molecule has 0 fully saturated rings. The third-order valence-electron chi connectivity index (χ3n) is 3.53. The van der Waals surface area contributed by atoms with Crippen LogP contribution >= 0.6 is 0 Å². The van der Waals surface area contributed by atoms with Crippen molar-refractivity contribution in [3.05, 3.63) is 53.7 Å². The van der Waals surface area contributed by atoms with Crippen molar-refractivity contribution in [3.8, 4) is 0 Å². The highest BCUT2D eigenvalue weighted by atomic mass is 16.1. The van der Waals surface area contributed by atoms with Gasteiger partial charge in [0.1, 0.15) is 0 Å². The van der Waals surface area contributed by atoms with Crippen LogP contribution in [-0.2, 0) is 0 Å². The molecule has 2 heterocycles. The molecule has 2 N–H and O–H groups in total. The van der Waals surface area contributed by atoms with E-state index in [9.17, 15) is 4.79 Å². The van der Waals surface area contributed by atoms with Crippen LogP contribution in [0.4, 0.5) is 0 Å². The predicted molar refractivity (Wildman–Crippen MR) is 79.6 cm³/mol. The van der Waals surface area contributed by atoms with Crippen LogP contribution in [0.3, 0.4) is 0 Å². The maximum Gasteiger partial charge on any atom is 0.252 e. The van der Waals surface area contributed by atoms with E-state index in [2.05, 4.69) is 21.7 Å². The maximum absolute atomic E-state index is 12.3. The van der Waals surface area contributed by atoms with E-state index in [1.165, 1.54) is 5.57 Å². The Morgan fingerprint density at radius 1 is 1.30 bits per heavy atom. The average molecular weight is 267 g/mol. The molecule has 0 spiro atoms. The van der Waals surface area contributed by atoms with Gasteiger partial charge in [-0.2, -0.15) is 0 Å². The Kier molecular flexibility index (Phi) is 3.74. The first-order chi connectivity index (χ1) is 9.84. The van der Waals surface area contributed by atoms with Crippen molar-refractivity contribution < 1.29 is 4.79 Å². The molecular weight excluding hydrogens is 250 g/mol. The van der Waals surface area contributed by atoms with Gasteiger partial charge in [0.2, 0.25) is 0 Å². The third kappa shape index (κ3) is 2.70. The summed E-state index contributed by atoms with van der Waals surface area (Å²) < 4.78 is 0. The molecule has 102 valence electrons. The van der Waals surface area contributed by atoms with Crippen molar-refractivity contribution in [3.63, 3.8) is 0 Å². The van der Waals surface area contributed by atoms with Crippen LogP contribution in [0.2, 0.25) is 0 Å². The third-order valence-corrected chi connectivity index (χ3v) is 3.53. The largest absolute Gasteiger partial charge is 0.348 e. The lowest BCUT2D eigenvalue weighted by Gasteiger charge is -2.15. The molecule has 0 aliphatic carbocycles. The van der Waals surface area contributed by atoms with Gasteiger partial charge in [-0.15, -0.1) is 0 Å². The van der Waals surface area contributed by atoms with Gasteiger partial charge >= 0.3 is 0 Å². The number of rotatable bonds is 3. The summed E-state index contributed by atoms with van der Waals surface area (Å²) in [5.74, 6) is -0.0389. The number of pyridine rings is 1. The topological polar surface area (TPSA) is 54.0 Å². The minimum absolute atomic E-state index is 0.0389. The molecule has 0 unspecified atom stereocenters. The Morgan fingerprint density at radius 3 is 3.05 bits per heavy atom. The van der Waals surface area contributed by atoms with Crippen molar-refractivity contribution in [1.29, 1.82) is 0 Å². The molecule has 1 aromatic heterocycles. The van der Waals surface area contributed by atoms with Gasteiger partial charge in [0.15, 0.2) is 0 Å². The van der Waals surface area contributed by atoms with E-state index in [-0.39, 0.29) is 5.91 Å². The van der Waals surface area contributed by atoms with Crippen LogP contribution in [-0.4, -0.2) is 30.5 Å². The fourth-order valence-electron chi connectivity index (χ4n) is 2.41. The molecular formula is C16H17N3O. The molecule has 4 nitrogen and oxygen atoms in total. The van der Waals surface area contributed by atoms with Crippen molar-refractivity contribution in [2.75, 3.05) is 19.6 Å². The number of carbonyl (C=O) groups is 1. The van der Waals surface area contributed by atoms with Gasteiger partial charge in [-0.3, -0.25) is 9.78 Å².